The largest absolute Gasteiger partial charge is 0.391 e. The fourth-order valence-corrected chi connectivity index (χ4v) is 3.28. The second-order valence-corrected chi connectivity index (χ2v) is 5.96. The summed E-state index contributed by atoms with van der Waals surface area (Å²) >= 11 is 0. The average molecular weight is 225 g/mol. The van der Waals surface area contributed by atoms with Crippen LogP contribution in [0.15, 0.2) is 0 Å². The molecule has 0 spiro atoms. The van der Waals surface area contributed by atoms with Gasteiger partial charge in [0.2, 0.25) is 0 Å². The molecular formula is C14H27NO. The van der Waals surface area contributed by atoms with Gasteiger partial charge in [-0.25, -0.2) is 0 Å². The third kappa shape index (κ3) is 2.78. The van der Waals surface area contributed by atoms with E-state index in [0.29, 0.717) is 6.04 Å². The summed E-state index contributed by atoms with van der Waals surface area (Å²) in [4.78, 5) is 2.44. The number of likely N-dealkylation sites (N-methyl/N-ethyl adjacent to an activating group) is 1. The molecule has 0 aromatic heterocycles. The van der Waals surface area contributed by atoms with E-state index in [0.717, 1.165) is 18.3 Å². The molecule has 0 heterocycles. The van der Waals surface area contributed by atoms with Gasteiger partial charge in [-0.05, 0) is 51.0 Å². The fraction of sp³-hybridized carbons (Fsp3) is 1.00. The molecule has 2 nitrogen and oxygen atoms in total. The van der Waals surface area contributed by atoms with Gasteiger partial charge >= 0.3 is 0 Å². The highest BCUT2D eigenvalue weighted by Crippen LogP contribution is 2.32. The van der Waals surface area contributed by atoms with Crippen molar-refractivity contribution in [2.45, 2.75) is 64.0 Å². The van der Waals surface area contributed by atoms with Crippen molar-refractivity contribution in [2.24, 2.45) is 11.8 Å². The molecule has 0 aromatic carbocycles. The molecule has 94 valence electrons. The third-order valence-corrected chi connectivity index (χ3v) is 4.80. The van der Waals surface area contributed by atoms with Gasteiger partial charge in [0.15, 0.2) is 0 Å². The van der Waals surface area contributed by atoms with Gasteiger partial charge in [-0.1, -0.05) is 19.8 Å². The van der Waals surface area contributed by atoms with E-state index in [1.165, 1.54) is 45.1 Å². The Kier molecular flexibility index (Phi) is 4.26. The van der Waals surface area contributed by atoms with Gasteiger partial charge in [0.1, 0.15) is 0 Å². The van der Waals surface area contributed by atoms with Crippen LogP contribution in [0.2, 0.25) is 0 Å². The van der Waals surface area contributed by atoms with Crippen molar-refractivity contribution in [1.29, 1.82) is 0 Å². The Balaban J connectivity index is 1.84. The Morgan fingerprint density at radius 3 is 2.44 bits per heavy atom. The normalized spacial score (nSPS) is 36.4. The smallest absolute Gasteiger partial charge is 0.0695 e. The standard InChI is InChI=1S/C14H27NO/c1-3-11-7-8-14(16)13(9-11)15(2)10-12-5-4-6-12/h11-14,16H,3-10H2,1-2H3. The van der Waals surface area contributed by atoms with Crippen molar-refractivity contribution < 1.29 is 5.11 Å². The fourth-order valence-electron chi connectivity index (χ4n) is 3.28. The second-order valence-electron chi connectivity index (χ2n) is 5.96. The summed E-state index contributed by atoms with van der Waals surface area (Å²) in [5.74, 6) is 1.76. The van der Waals surface area contributed by atoms with Crippen molar-refractivity contribution in [2.75, 3.05) is 13.6 Å². The molecular weight excluding hydrogens is 198 g/mol. The molecule has 2 saturated carbocycles. The zero-order chi connectivity index (χ0) is 11.5. The quantitative estimate of drug-likeness (QED) is 0.795. The highest BCUT2D eigenvalue weighted by Gasteiger charge is 2.32. The Morgan fingerprint density at radius 1 is 1.12 bits per heavy atom. The Hall–Kier alpha value is -0.0800. The Morgan fingerprint density at radius 2 is 1.88 bits per heavy atom. The lowest BCUT2D eigenvalue weighted by molar-refractivity contribution is 0.00297. The highest BCUT2D eigenvalue weighted by molar-refractivity contribution is 4.87. The minimum atomic E-state index is -0.0760. The van der Waals surface area contributed by atoms with E-state index >= 15 is 0 Å². The molecule has 2 rings (SSSR count). The second kappa shape index (κ2) is 5.50. The van der Waals surface area contributed by atoms with Gasteiger partial charge < -0.3 is 10.0 Å². The Bertz CT molecular complexity index is 215. The maximum atomic E-state index is 10.1. The van der Waals surface area contributed by atoms with Crippen LogP contribution in [0.4, 0.5) is 0 Å². The molecule has 0 bridgehead atoms. The summed E-state index contributed by atoms with van der Waals surface area (Å²) in [7, 11) is 2.21. The summed E-state index contributed by atoms with van der Waals surface area (Å²) < 4.78 is 0. The van der Waals surface area contributed by atoms with Gasteiger partial charge in [-0.15, -0.1) is 0 Å². The molecule has 2 aliphatic rings. The third-order valence-electron chi connectivity index (χ3n) is 4.80. The lowest BCUT2D eigenvalue weighted by Crippen LogP contribution is -2.47. The lowest BCUT2D eigenvalue weighted by atomic mass is 9.80. The van der Waals surface area contributed by atoms with Gasteiger partial charge in [0.05, 0.1) is 6.10 Å². The van der Waals surface area contributed by atoms with E-state index in [1.54, 1.807) is 0 Å². The van der Waals surface area contributed by atoms with Crippen LogP contribution in [-0.4, -0.2) is 35.7 Å². The number of aliphatic hydroxyl groups is 1. The molecule has 2 fully saturated rings. The predicted octanol–water partition coefficient (Wildman–Crippen LogP) is 2.66. The first-order valence-corrected chi connectivity index (χ1v) is 7.09. The van der Waals surface area contributed by atoms with Gasteiger partial charge in [-0.2, -0.15) is 0 Å². The minimum Gasteiger partial charge on any atom is -0.391 e. The maximum Gasteiger partial charge on any atom is 0.0695 e. The molecule has 0 aliphatic heterocycles. The van der Waals surface area contributed by atoms with Crippen molar-refractivity contribution in [3.63, 3.8) is 0 Å². The summed E-state index contributed by atoms with van der Waals surface area (Å²) in [5.41, 5.74) is 0. The molecule has 0 saturated heterocycles. The zero-order valence-electron chi connectivity index (χ0n) is 10.9. The molecule has 1 N–H and O–H groups in total. The Labute approximate surface area is 100 Å². The number of nitrogens with zero attached hydrogens (tertiary/aromatic N) is 1. The van der Waals surface area contributed by atoms with E-state index < -0.39 is 0 Å². The van der Waals surface area contributed by atoms with E-state index in [-0.39, 0.29) is 6.10 Å². The van der Waals surface area contributed by atoms with Crippen LogP contribution in [0.5, 0.6) is 0 Å². The summed E-state index contributed by atoms with van der Waals surface area (Å²) in [6, 6.07) is 0.430. The number of hydrogen-bond acceptors (Lipinski definition) is 2. The number of hydrogen-bond donors (Lipinski definition) is 1. The summed E-state index contributed by atoms with van der Waals surface area (Å²) in [6.07, 6.45) is 8.89. The molecule has 2 heteroatoms. The van der Waals surface area contributed by atoms with Crippen LogP contribution in [0.25, 0.3) is 0 Å². The molecule has 0 aromatic rings. The van der Waals surface area contributed by atoms with Gasteiger partial charge in [-0.3, -0.25) is 0 Å². The topological polar surface area (TPSA) is 23.5 Å². The SMILES string of the molecule is CCC1CCC(O)C(N(C)CC2CCC2)C1. The summed E-state index contributed by atoms with van der Waals surface area (Å²) in [5, 5.41) is 10.1. The maximum absolute atomic E-state index is 10.1. The lowest BCUT2D eigenvalue weighted by Gasteiger charge is -2.41. The number of aliphatic hydroxyl groups excluding tert-OH is 1. The van der Waals surface area contributed by atoms with Crippen LogP contribution in [0, 0.1) is 11.8 Å². The molecule has 3 atom stereocenters. The molecule has 0 amide bonds. The first-order valence-electron chi connectivity index (χ1n) is 7.09. The van der Waals surface area contributed by atoms with E-state index in [9.17, 15) is 5.11 Å². The minimum absolute atomic E-state index is 0.0760. The van der Waals surface area contributed by atoms with Crippen LogP contribution >= 0.6 is 0 Å². The average Bonchev–Trinajstić information content (AvgIpc) is 2.24. The first-order chi connectivity index (χ1) is 7.70. The van der Waals surface area contributed by atoms with Crippen LogP contribution in [0.1, 0.15) is 51.9 Å². The van der Waals surface area contributed by atoms with Crippen LogP contribution in [-0.2, 0) is 0 Å². The summed E-state index contributed by atoms with van der Waals surface area (Å²) in [6.45, 7) is 3.49. The molecule has 3 unspecified atom stereocenters. The first kappa shape index (κ1) is 12.4. The zero-order valence-corrected chi connectivity index (χ0v) is 10.9. The van der Waals surface area contributed by atoms with Crippen molar-refractivity contribution >= 4 is 0 Å². The highest BCUT2D eigenvalue weighted by atomic mass is 16.3. The molecule has 2 aliphatic carbocycles. The van der Waals surface area contributed by atoms with Crippen LogP contribution < -0.4 is 0 Å². The van der Waals surface area contributed by atoms with Crippen LogP contribution in [0.3, 0.4) is 0 Å². The molecule has 0 radical (unpaired) electrons. The van der Waals surface area contributed by atoms with E-state index in [1.807, 2.05) is 0 Å². The molecule has 16 heavy (non-hydrogen) atoms. The van der Waals surface area contributed by atoms with E-state index in [2.05, 4.69) is 18.9 Å². The van der Waals surface area contributed by atoms with Crippen molar-refractivity contribution in [3.8, 4) is 0 Å². The van der Waals surface area contributed by atoms with Crippen molar-refractivity contribution in [1.82, 2.24) is 4.90 Å². The van der Waals surface area contributed by atoms with Gasteiger partial charge in [0, 0.05) is 12.6 Å². The van der Waals surface area contributed by atoms with E-state index in [4.69, 9.17) is 0 Å². The predicted molar refractivity (Wildman–Crippen MR) is 67.4 cm³/mol. The van der Waals surface area contributed by atoms with Gasteiger partial charge in [0.25, 0.3) is 0 Å². The number of rotatable bonds is 4. The van der Waals surface area contributed by atoms with Crippen molar-refractivity contribution in [3.05, 3.63) is 0 Å². The monoisotopic (exact) mass is 225 g/mol.